The number of halogens is 1. The maximum Gasteiger partial charge on any atom is 0.264 e. The van der Waals surface area contributed by atoms with Crippen molar-refractivity contribution in [3.63, 3.8) is 0 Å². The Balaban J connectivity index is 1.48. The van der Waals surface area contributed by atoms with Gasteiger partial charge in [-0.3, -0.25) is 34.1 Å². The molecule has 30 heavy (non-hydrogen) atoms. The van der Waals surface area contributed by atoms with Gasteiger partial charge in [-0.1, -0.05) is 27.2 Å². The molecular weight excluding hydrogens is 456 g/mol. The molecule has 2 N–H and O–H groups in total. The zero-order chi connectivity index (χ0) is 21.3. The zero-order valence-corrected chi connectivity index (χ0v) is 17.5. The van der Waals surface area contributed by atoms with E-state index in [9.17, 15) is 19.2 Å². The third-order valence-corrected chi connectivity index (χ3v) is 5.46. The summed E-state index contributed by atoms with van der Waals surface area (Å²) < 4.78 is 1.71. The Kier molecular flexibility index (Phi) is 5.62. The molecule has 3 heterocycles. The first-order valence-electron chi connectivity index (χ1n) is 9.53. The van der Waals surface area contributed by atoms with Crippen molar-refractivity contribution in [2.24, 2.45) is 0 Å². The highest BCUT2D eigenvalue weighted by Crippen LogP contribution is 2.32. The van der Waals surface area contributed by atoms with E-state index < -0.39 is 29.7 Å². The predicted octanol–water partition coefficient (Wildman–Crippen LogP) is 0.729. The van der Waals surface area contributed by atoms with Crippen LogP contribution in [-0.4, -0.2) is 61.4 Å². The highest BCUT2D eigenvalue weighted by atomic mass is 79.9. The van der Waals surface area contributed by atoms with Crippen molar-refractivity contribution in [2.45, 2.75) is 31.8 Å². The second-order valence-corrected chi connectivity index (χ2v) is 7.81. The molecule has 156 valence electrons. The van der Waals surface area contributed by atoms with Crippen LogP contribution in [0.4, 0.5) is 5.69 Å². The molecule has 0 saturated carbocycles. The van der Waals surface area contributed by atoms with E-state index in [-0.39, 0.29) is 24.0 Å². The summed E-state index contributed by atoms with van der Waals surface area (Å²) in [6.45, 7) is 0.991. The van der Waals surface area contributed by atoms with Gasteiger partial charge in [0.25, 0.3) is 11.8 Å². The highest BCUT2D eigenvalue weighted by molar-refractivity contribution is 9.09. The number of hydrogen-bond donors (Lipinski definition) is 2. The molecule has 2 aliphatic rings. The number of carbonyl (C=O) groups is 4. The number of fused-ring (bicyclic) bond motifs is 1. The van der Waals surface area contributed by atoms with E-state index >= 15 is 0 Å². The van der Waals surface area contributed by atoms with Gasteiger partial charge >= 0.3 is 0 Å². The number of alkyl halides is 1. The molecular formula is C19H19BrN6O4. The molecule has 0 spiro atoms. The van der Waals surface area contributed by atoms with Crippen LogP contribution in [0.1, 0.15) is 39.3 Å². The lowest BCUT2D eigenvalue weighted by molar-refractivity contribution is -0.136. The van der Waals surface area contributed by atoms with E-state index in [1.54, 1.807) is 22.9 Å². The van der Waals surface area contributed by atoms with E-state index in [0.29, 0.717) is 18.8 Å². The van der Waals surface area contributed by atoms with Gasteiger partial charge < -0.3 is 5.32 Å². The van der Waals surface area contributed by atoms with Gasteiger partial charge in [0.05, 0.1) is 23.4 Å². The molecule has 10 nitrogen and oxygen atoms in total. The van der Waals surface area contributed by atoms with Crippen molar-refractivity contribution in [1.82, 2.24) is 25.2 Å². The van der Waals surface area contributed by atoms with E-state index in [2.05, 4.69) is 36.9 Å². The number of nitrogens with one attached hydrogen (secondary N) is 2. The lowest BCUT2D eigenvalue weighted by Gasteiger charge is -2.27. The van der Waals surface area contributed by atoms with Crippen LogP contribution in [0.15, 0.2) is 24.4 Å². The van der Waals surface area contributed by atoms with Gasteiger partial charge in [0.15, 0.2) is 0 Å². The second-order valence-electron chi connectivity index (χ2n) is 7.01. The van der Waals surface area contributed by atoms with E-state index in [1.165, 1.54) is 0 Å². The number of imide groups is 2. The number of nitrogens with zero attached hydrogens (tertiary/aromatic N) is 4. The van der Waals surface area contributed by atoms with Gasteiger partial charge in [-0.25, -0.2) is 0 Å². The lowest BCUT2D eigenvalue weighted by Crippen LogP contribution is -2.54. The number of piperidine rings is 1. The van der Waals surface area contributed by atoms with E-state index in [0.717, 1.165) is 22.3 Å². The van der Waals surface area contributed by atoms with E-state index in [1.807, 2.05) is 6.20 Å². The Morgan fingerprint density at radius 1 is 1.20 bits per heavy atom. The fourth-order valence-electron chi connectivity index (χ4n) is 3.63. The van der Waals surface area contributed by atoms with Gasteiger partial charge in [-0.15, -0.1) is 5.10 Å². The van der Waals surface area contributed by atoms with Crippen molar-refractivity contribution in [2.75, 3.05) is 17.2 Å². The Hall–Kier alpha value is -3.08. The van der Waals surface area contributed by atoms with Crippen LogP contribution < -0.4 is 10.6 Å². The SMILES string of the molecule is O=C1CCC(N2C(=O)c3cccc(NCCn4cc(CCBr)nn4)c3C2=O)C(=O)N1. The van der Waals surface area contributed by atoms with Crippen LogP contribution in [-0.2, 0) is 22.6 Å². The van der Waals surface area contributed by atoms with Crippen molar-refractivity contribution in [1.29, 1.82) is 0 Å². The molecule has 0 radical (unpaired) electrons. The summed E-state index contributed by atoms with van der Waals surface area (Å²) in [5, 5.41) is 14.3. The van der Waals surface area contributed by atoms with Gasteiger partial charge in [0, 0.05) is 36.6 Å². The van der Waals surface area contributed by atoms with Crippen LogP contribution in [0.5, 0.6) is 0 Å². The smallest absolute Gasteiger partial charge is 0.264 e. The molecule has 1 unspecified atom stereocenters. The van der Waals surface area contributed by atoms with Crippen LogP contribution in [0.3, 0.4) is 0 Å². The topological polar surface area (TPSA) is 126 Å². The monoisotopic (exact) mass is 474 g/mol. The van der Waals surface area contributed by atoms with Gasteiger partial charge in [0.1, 0.15) is 6.04 Å². The van der Waals surface area contributed by atoms with Crippen molar-refractivity contribution in [3.8, 4) is 0 Å². The number of hydrogen-bond acceptors (Lipinski definition) is 7. The molecule has 2 aliphatic heterocycles. The second kappa shape index (κ2) is 8.34. The fraction of sp³-hybridized carbons (Fsp3) is 0.368. The van der Waals surface area contributed by atoms with Crippen LogP contribution in [0, 0.1) is 0 Å². The van der Waals surface area contributed by atoms with Gasteiger partial charge in [0.2, 0.25) is 11.8 Å². The Bertz CT molecular complexity index is 1040. The zero-order valence-electron chi connectivity index (χ0n) is 15.9. The minimum absolute atomic E-state index is 0.0872. The summed E-state index contributed by atoms with van der Waals surface area (Å²) >= 11 is 3.36. The van der Waals surface area contributed by atoms with Crippen molar-refractivity contribution < 1.29 is 19.2 Å². The number of rotatable bonds is 7. The van der Waals surface area contributed by atoms with Crippen LogP contribution >= 0.6 is 15.9 Å². The van der Waals surface area contributed by atoms with Gasteiger partial charge in [-0.2, -0.15) is 0 Å². The molecule has 1 fully saturated rings. The average Bonchev–Trinajstić information content (AvgIpc) is 3.26. The maximum absolute atomic E-state index is 13.0. The molecule has 2 aromatic rings. The largest absolute Gasteiger partial charge is 0.383 e. The highest BCUT2D eigenvalue weighted by Gasteiger charge is 2.45. The molecule has 1 atom stereocenters. The molecule has 0 aliphatic carbocycles. The van der Waals surface area contributed by atoms with Gasteiger partial charge in [-0.05, 0) is 18.6 Å². The lowest BCUT2D eigenvalue weighted by atomic mass is 10.0. The molecule has 4 amide bonds. The summed E-state index contributed by atoms with van der Waals surface area (Å²) in [5.74, 6) is -2.08. The Morgan fingerprint density at radius 2 is 2.03 bits per heavy atom. The molecule has 4 rings (SSSR count). The summed E-state index contributed by atoms with van der Waals surface area (Å²) in [4.78, 5) is 50.4. The molecule has 0 bridgehead atoms. The Morgan fingerprint density at radius 3 is 2.80 bits per heavy atom. The van der Waals surface area contributed by atoms with E-state index in [4.69, 9.17) is 0 Å². The number of carbonyl (C=O) groups excluding carboxylic acids is 4. The quantitative estimate of drug-likeness (QED) is 0.447. The standard InChI is InChI=1S/C19H19BrN6O4/c20-7-6-11-10-25(24-23-11)9-8-21-13-3-1-2-12-16(13)19(30)26(18(12)29)14-4-5-15(27)22-17(14)28/h1-3,10,14,21H,4-9H2,(H,22,27,28). The average molecular weight is 475 g/mol. The first-order valence-corrected chi connectivity index (χ1v) is 10.6. The summed E-state index contributed by atoms with van der Waals surface area (Å²) in [7, 11) is 0. The molecule has 1 saturated heterocycles. The number of aryl methyl sites for hydroxylation is 1. The third-order valence-electron chi connectivity index (χ3n) is 5.06. The summed E-state index contributed by atoms with van der Waals surface area (Å²) in [6.07, 6.45) is 2.86. The summed E-state index contributed by atoms with van der Waals surface area (Å²) in [5.41, 5.74) is 1.88. The fourth-order valence-corrected chi connectivity index (χ4v) is 4.03. The predicted molar refractivity (Wildman–Crippen MR) is 109 cm³/mol. The minimum atomic E-state index is -0.981. The summed E-state index contributed by atoms with van der Waals surface area (Å²) in [6, 6.07) is 3.99. The first kappa shape index (κ1) is 20.2. The number of benzene rings is 1. The van der Waals surface area contributed by atoms with Crippen LogP contribution in [0.2, 0.25) is 0 Å². The molecule has 1 aromatic carbocycles. The normalized spacial score (nSPS) is 18.6. The minimum Gasteiger partial charge on any atom is -0.383 e. The molecule has 1 aromatic heterocycles. The molecule has 11 heteroatoms. The number of aromatic nitrogens is 3. The maximum atomic E-state index is 13.0. The third kappa shape index (κ3) is 3.72. The first-order chi connectivity index (χ1) is 14.5. The Labute approximate surface area is 180 Å². The number of anilines is 1. The van der Waals surface area contributed by atoms with Crippen molar-refractivity contribution in [3.05, 3.63) is 41.2 Å². The number of amides is 4. The van der Waals surface area contributed by atoms with Crippen LogP contribution in [0.25, 0.3) is 0 Å². The van der Waals surface area contributed by atoms with Crippen molar-refractivity contribution >= 4 is 45.2 Å².